The molecule has 1 rings (SSSR count). The van der Waals surface area contributed by atoms with E-state index in [0.29, 0.717) is 6.54 Å². The Labute approximate surface area is 115 Å². The average molecular weight is 266 g/mol. The van der Waals surface area contributed by atoms with Crippen LogP contribution in [0.3, 0.4) is 0 Å². The van der Waals surface area contributed by atoms with E-state index >= 15 is 0 Å². The first-order valence-electron chi connectivity index (χ1n) is 6.16. The number of benzene rings is 1. The lowest BCUT2D eigenvalue weighted by Crippen LogP contribution is -2.56. The van der Waals surface area contributed by atoms with Gasteiger partial charge in [-0.3, -0.25) is 4.79 Å². The number of Topliss-reactive ketones (excluding diaryl/α,β-unsaturated/α-hetero) is 1. The van der Waals surface area contributed by atoms with Gasteiger partial charge in [-0.25, -0.2) is 0 Å². The first-order valence-corrected chi connectivity index (χ1v) is 6.16. The summed E-state index contributed by atoms with van der Waals surface area (Å²) in [5.74, 6) is -0.125. The number of ketones is 1. The number of nitrogen functional groups attached to an aromatic ring is 1. The van der Waals surface area contributed by atoms with E-state index in [1.807, 2.05) is 24.3 Å². The van der Waals surface area contributed by atoms with Crippen LogP contribution in [0, 0.1) is 0 Å². The Morgan fingerprint density at radius 2 is 1.47 bits per heavy atom. The lowest BCUT2D eigenvalue weighted by molar-refractivity contribution is -0.127. The van der Waals surface area contributed by atoms with E-state index in [0.717, 1.165) is 11.3 Å². The Morgan fingerprint density at radius 3 is 1.68 bits per heavy atom. The van der Waals surface area contributed by atoms with Crippen LogP contribution in [-0.2, 0) is 11.3 Å². The van der Waals surface area contributed by atoms with Gasteiger partial charge in [0.15, 0.2) is 5.78 Å². The standard InChI is InChI=1S/C7H16N2O.C7H10N2/c1-6(2,8)5(10)7(3,4)9;8-5-6-3-1-2-4-7(6)9/h8-9H2,1-4H3;1-4H,5,8-9H2. The van der Waals surface area contributed by atoms with Crippen LogP contribution in [0.5, 0.6) is 0 Å². The highest BCUT2D eigenvalue weighted by atomic mass is 16.1. The minimum absolute atomic E-state index is 0.125. The molecule has 108 valence electrons. The Balaban J connectivity index is 0.000000342. The second-order valence-corrected chi connectivity index (χ2v) is 5.68. The van der Waals surface area contributed by atoms with Crippen LogP contribution < -0.4 is 22.9 Å². The topological polar surface area (TPSA) is 121 Å². The van der Waals surface area contributed by atoms with Gasteiger partial charge in [-0.15, -0.1) is 0 Å². The first kappa shape index (κ1) is 17.6. The molecule has 0 radical (unpaired) electrons. The van der Waals surface area contributed by atoms with Crippen LogP contribution in [0.2, 0.25) is 0 Å². The van der Waals surface area contributed by atoms with Gasteiger partial charge in [0.2, 0.25) is 0 Å². The molecule has 0 saturated carbocycles. The fourth-order valence-electron chi connectivity index (χ4n) is 1.55. The number of anilines is 1. The highest BCUT2D eigenvalue weighted by Crippen LogP contribution is 2.09. The summed E-state index contributed by atoms with van der Waals surface area (Å²) in [5.41, 5.74) is 22.1. The fourth-order valence-corrected chi connectivity index (χ4v) is 1.55. The van der Waals surface area contributed by atoms with E-state index in [4.69, 9.17) is 22.9 Å². The average Bonchev–Trinajstić information content (AvgIpc) is 2.27. The summed E-state index contributed by atoms with van der Waals surface area (Å²) in [7, 11) is 0. The molecule has 0 aliphatic carbocycles. The molecule has 1 aromatic rings. The van der Waals surface area contributed by atoms with Gasteiger partial charge < -0.3 is 22.9 Å². The molecule has 19 heavy (non-hydrogen) atoms. The molecule has 0 unspecified atom stereocenters. The third kappa shape index (κ3) is 6.33. The minimum Gasteiger partial charge on any atom is -0.398 e. The summed E-state index contributed by atoms with van der Waals surface area (Å²) < 4.78 is 0. The lowest BCUT2D eigenvalue weighted by atomic mass is 9.87. The molecule has 5 heteroatoms. The third-order valence-corrected chi connectivity index (χ3v) is 2.45. The van der Waals surface area contributed by atoms with Crippen LogP contribution in [-0.4, -0.2) is 16.9 Å². The molecule has 0 aliphatic heterocycles. The number of carbonyl (C=O) groups is 1. The van der Waals surface area contributed by atoms with Crippen molar-refractivity contribution in [2.24, 2.45) is 17.2 Å². The van der Waals surface area contributed by atoms with Crippen LogP contribution in [0.25, 0.3) is 0 Å². The van der Waals surface area contributed by atoms with E-state index in [2.05, 4.69) is 0 Å². The van der Waals surface area contributed by atoms with Crippen molar-refractivity contribution in [2.75, 3.05) is 5.73 Å². The van der Waals surface area contributed by atoms with Crippen molar-refractivity contribution in [1.82, 2.24) is 0 Å². The molecule has 0 saturated heterocycles. The van der Waals surface area contributed by atoms with E-state index in [9.17, 15) is 4.79 Å². The molecule has 0 amide bonds. The fraction of sp³-hybridized carbons (Fsp3) is 0.500. The molecule has 1 aromatic carbocycles. The summed E-state index contributed by atoms with van der Waals surface area (Å²) in [5, 5.41) is 0. The van der Waals surface area contributed by atoms with Gasteiger partial charge in [-0.05, 0) is 39.3 Å². The summed E-state index contributed by atoms with van der Waals surface area (Å²) in [4.78, 5) is 11.2. The zero-order chi connectivity index (χ0) is 15.3. The first-order chi connectivity index (χ1) is 8.50. The Morgan fingerprint density at radius 1 is 1.05 bits per heavy atom. The maximum atomic E-state index is 11.2. The van der Waals surface area contributed by atoms with Crippen LogP contribution >= 0.6 is 0 Å². The number of nitrogens with two attached hydrogens (primary N) is 4. The predicted molar refractivity (Wildman–Crippen MR) is 80.3 cm³/mol. The van der Waals surface area contributed by atoms with Gasteiger partial charge in [0.25, 0.3) is 0 Å². The van der Waals surface area contributed by atoms with Gasteiger partial charge in [-0.1, -0.05) is 18.2 Å². The van der Waals surface area contributed by atoms with Crippen molar-refractivity contribution in [3.8, 4) is 0 Å². The van der Waals surface area contributed by atoms with Gasteiger partial charge in [0, 0.05) is 12.2 Å². The zero-order valence-electron chi connectivity index (χ0n) is 12.2. The molecule has 0 aromatic heterocycles. The number of para-hydroxylation sites is 1. The zero-order valence-corrected chi connectivity index (χ0v) is 12.2. The second-order valence-electron chi connectivity index (χ2n) is 5.68. The Hall–Kier alpha value is -1.43. The Kier molecular flexibility index (Phi) is 6.15. The van der Waals surface area contributed by atoms with Crippen molar-refractivity contribution in [3.05, 3.63) is 29.8 Å². The predicted octanol–water partition coefficient (Wildman–Crippen LogP) is 0.758. The number of hydrogen-bond donors (Lipinski definition) is 4. The largest absolute Gasteiger partial charge is 0.398 e. The molecular formula is C14H26N4O. The summed E-state index contributed by atoms with van der Waals surface area (Å²) in [6, 6.07) is 7.60. The van der Waals surface area contributed by atoms with Gasteiger partial charge in [0.1, 0.15) is 0 Å². The van der Waals surface area contributed by atoms with Crippen molar-refractivity contribution in [3.63, 3.8) is 0 Å². The van der Waals surface area contributed by atoms with Crippen molar-refractivity contribution >= 4 is 11.5 Å². The van der Waals surface area contributed by atoms with Crippen molar-refractivity contribution in [2.45, 2.75) is 45.3 Å². The smallest absolute Gasteiger partial charge is 0.171 e. The van der Waals surface area contributed by atoms with Crippen molar-refractivity contribution < 1.29 is 4.79 Å². The Bertz CT molecular complexity index is 400. The number of hydrogen-bond acceptors (Lipinski definition) is 5. The van der Waals surface area contributed by atoms with Crippen LogP contribution in [0.4, 0.5) is 5.69 Å². The summed E-state index contributed by atoms with van der Waals surface area (Å²) >= 11 is 0. The normalized spacial score (nSPS) is 11.5. The molecule has 0 aliphatic rings. The quantitative estimate of drug-likeness (QED) is 0.602. The SMILES string of the molecule is CC(C)(N)C(=O)C(C)(C)N.NCc1ccccc1N. The van der Waals surface area contributed by atoms with Crippen LogP contribution in [0.15, 0.2) is 24.3 Å². The maximum Gasteiger partial charge on any atom is 0.171 e. The van der Waals surface area contributed by atoms with Crippen molar-refractivity contribution in [1.29, 1.82) is 0 Å². The second kappa shape index (κ2) is 6.65. The van der Waals surface area contributed by atoms with Gasteiger partial charge in [0.05, 0.1) is 11.1 Å². The number of rotatable bonds is 3. The third-order valence-electron chi connectivity index (χ3n) is 2.45. The maximum absolute atomic E-state index is 11.2. The molecule has 0 bridgehead atoms. The summed E-state index contributed by atoms with van der Waals surface area (Å²) in [6.45, 7) is 7.15. The molecular weight excluding hydrogens is 240 g/mol. The summed E-state index contributed by atoms with van der Waals surface area (Å²) in [6.07, 6.45) is 0. The molecule has 0 heterocycles. The highest BCUT2D eigenvalue weighted by molar-refractivity contribution is 5.94. The monoisotopic (exact) mass is 266 g/mol. The number of carbonyl (C=O) groups excluding carboxylic acids is 1. The molecule has 8 N–H and O–H groups in total. The van der Waals surface area contributed by atoms with Gasteiger partial charge >= 0.3 is 0 Å². The highest BCUT2D eigenvalue weighted by Gasteiger charge is 2.32. The molecule has 0 atom stereocenters. The molecule has 0 fully saturated rings. The van der Waals surface area contributed by atoms with Gasteiger partial charge in [-0.2, -0.15) is 0 Å². The van der Waals surface area contributed by atoms with E-state index in [1.54, 1.807) is 27.7 Å². The molecule has 0 spiro atoms. The van der Waals surface area contributed by atoms with E-state index in [-0.39, 0.29) is 5.78 Å². The van der Waals surface area contributed by atoms with Crippen LogP contribution in [0.1, 0.15) is 33.3 Å². The minimum atomic E-state index is -0.821. The lowest BCUT2D eigenvalue weighted by Gasteiger charge is -2.26. The molecule has 5 nitrogen and oxygen atoms in total. The van der Waals surface area contributed by atoms with E-state index in [1.165, 1.54) is 0 Å². The van der Waals surface area contributed by atoms with E-state index < -0.39 is 11.1 Å².